The number of rotatable bonds is 6. The number of ether oxygens (including phenoxy) is 1. The number of amides is 2. The van der Waals surface area contributed by atoms with Gasteiger partial charge in [-0.25, -0.2) is 0 Å². The second-order valence-electron chi connectivity index (χ2n) is 7.18. The Bertz CT molecular complexity index is 845. The minimum absolute atomic E-state index is 0.0475. The average Bonchev–Trinajstić information content (AvgIpc) is 2.73. The Labute approximate surface area is 171 Å². The van der Waals surface area contributed by atoms with Gasteiger partial charge >= 0.3 is 0 Å². The Morgan fingerprint density at radius 1 is 1.00 bits per heavy atom. The minimum Gasteiger partial charge on any atom is -0.378 e. The van der Waals surface area contributed by atoms with Crippen LogP contribution in [0, 0.1) is 0 Å². The first-order chi connectivity index (χ1) is 14.0. The summed E-state index contributed by atoms with van der Waals surface area (Å²) in [6.07, 6.45) is 0. The quantitative estimate of drug-likeness (QED) is 0.813. The topological polar surface area (TPSA) is 65.1 Å². The molecule has 3 rings (SSSR count). The molecule has 1 heterocycles. The van der Waals surface area contributed by atoms with Gasteiger partial charge in [-0.3, -0.25) is 9.59 Å². The van der Waals surface area contributed by atoms with E-state index in [1.165, 1.54) is 11.8 Å². The van der Waals surface area contributed by atoms with Crippen LogP contribution in [0.3, 0.4) is 0 Å². The molecule has 1 saturated heterocycles. The molecule has 1 N–H and O–H groups in total. The fraction of sp³-hybridized carbons (Fsp3) is 0.364. The van der Waals surface area contributed by atoms with Gasteiger partial charge in [-0.05, 0) is 36.4 Å². The molecule has 0 radical (unpaired) electrons. The van der Waals surface area contributed by atoms with Crippen molar-refractivity contribution >= 4 is 34.6 Å². The van der Waals surface area contributed by atoms with Crippen LogP contribution in [0.25, 0.3) is 0 Å². The van der Waals surface area contributed by atoms with Crippen LogP contribution in [-0.4, -0.2) is 58.8 Å². The highest BCUT2D eigenvalue weighted by Gasteiger charge is 2.19. The maximum atomic E-state index is 12.8. The van der Waals surface area contributed by atoms with Crippen LogP contribution < -0.4 is 20.0 Å². The summed E-state index contributed by atoms with van der Waals surface area (Å²) in [4.78, 5) is 30.6. The van der Waals surface area contributed by atoms with Crippen LogP contribution in [0.1, 0.15) is 6.92 Å². The lowest BCUT2D eigenvalue weighted by Crippen LogP contribution is -2.38. The molecule has 0 unspecified atom stereocenters. The predicted octanol–water partition coefficient (Wildman–Crippen LogP) is 2.58. The van der Waals surface area contributed by atoms with Crippen molar-refractivity contribution in [3.05, 3.63) is 48.5 Å². The third-order valence-electron chi connectivity index (χ3n) is 4.89. The number of hydrogen-bond donors (Lipinski definition) is 1. The highest BCUT2D eigenvalue weighted by atomic mass is 16.5. The van der Waals surface area contributed by atoms with Gasteiger partial charge in [0.15, 0.2) is 0 Å². The number of hydrogen-bond acceptors (Lipinski definition) is 5. The first-order valence-corrected chi connectivity index (χ1v) is 9.73. The second kappa shape index (κ2) is 9.43. The Kier molecular flexibility index (Phi) is 6.72. The van der Waals surface area contributed by atoms with Gasteiger partial charge in [0.05, 0.1) is 24.6 Å². The van der Waals surface area contributed by atoms with E-state index >= 15 is 0 Å². The molecule has 0 aromatic heterocycles. The van der Waals surface area contributed by atoms with Crippen LogP contribution in [-0.2, 0) is 14.3 Å². The van der Waals surface area contributed by atoms with Crippen molar-refractivity contribution in [3.8, 4) is 0 Å². The average molecular weight is 396 g/mol. The Hall–Kier alpha value is -3.06. The molecule has 7 nitrogen and oxygen atoms in total. The lowest BCUT2D eigenvalue weighted by atomic mass is 10.2. The van der Waals surface area contributed by atoms with E-state index in [9.17, 15) is 9.59 Å². The summed E-state index contributed by atoms with van der Waals surface area (Å²) in [5.41, 5.74) is 3.43. The zero-order valence-electron chi connectivity index (χ0n) is 17.2. The molecular weight excluding hydrogens is 368 g/mol. The molecule has 1 fully saturated rings. The summed E-state index contributed by atoms with van der Waals surface area (Å²) in [7, 11) is 3.91. The number of para-hydroxylation sites is 2. The summed E-state index contributed by atoms with van der Waals surface area (Å²) in [5, 5.41) is 2.97. The van der Waals surface area contributed by atoms with Crippen molar-refractivity contribution in [1.82, 2.24) is 0 Å². The van der Waals surface area contributed by atoms with Crippen molar-refractivity contribution < 1.29 is 14.3 Å². The third kappa shape index (κ3) is 5.26. The molecule has 7 heteroatoms. The smallest absolute Gasteiger partial charge is 0.244 e. The first-order valence-electron chi connectivity index (χ1n) is 9.73. The number of morpholine rings is 1. The van der Waals surface area contributed by atoms with Gasteiger partial charge in [-0.2, -0.15) is 0 Å². The minimum atomic E-state index is -0.238. The van der Waals surface area contributed by atoms with E-state index < -0.39 is 0 Å². The molecule has 0 atom stereocenters. The highest BCUT2D eigenvalue weighted by molar-refractivity contribution is 6.03. The molecule has 29 heavy (non-hydrogen) atoms. The summed E-state index contributed by atoms with van der Waals surface area (Å²) in [5.74, 6) is -0.420. The van der Waals surface area contributed by atoms with E-state index in [0.29, 0.717) is 18.9 Å². The number of nitrogens with zero attached hydrogens (tertiary/aromatic N) is 3. The first kappa shape index (κ1) is 20.7. The molecular formula is C22H28N4O3. The SMILES string of the molecule is CC(=O)N(CC(=O)Nc1ccccc1N1CCOCC1)c1ccc(N(C)C)cc1. The Balaban J connectivity index is 1.72. The molecule has 1 aliphatic heterocycles. The van der Waals surface area contributed by atoms with E-state index in [-0.39, 0.29) is 18.4 Å². The van der Waals surface area contributed by atoms with Crippen LogP contribution >= 0.6 is 0 Å². The summed E-state index contributed by atoms with van der Waals surface area (Å²) in [6, 6.07) is 15.3. The van der Waals surface area contributed by atoms with Gasteiger partial charge in [0.25, 0.3) is 0 Å². The van der Waals surface area contributed by atoms with Crippen LogP contribution in [0.5, 0.6) is 0 Å². The number of benzene rings is 2. The second-order valence-corrected chi connectivity index (χ2v) is 7.18. The standard InChI is InChI=1S/C22H28N4O3/c1-17(27)26(19-10-8-18(9-11-19)24(2)3)16-22(28)23-20-6-4-5-7-21(20)25-12-14-29-15-13-25/h4-11H,12-16H2,1-3H3,(H,23,28). The van der Waals surface area contributed by atoms with Crippen molar-refractivity contribution in [2.75, 3.05) is 67.0 Å². The summed E-state index contributed by atoms with van der Waals surface area (Å²) in [6.45, 7) is 4.32. The van der Waals surface area contributed by atoms with Gasteiger partial charge in [-0.1, -0.05) is 12.1 Å². The molecule has 2 amide bonds. The van der Waals surface area contributed by atoms with Crippen molar-refractivity contribution in [2.24, 2.45) is 0 Å². The van der Waals surface area contributed by atoms with Gasteiger partial charge in [-0.15, -0.1) is 0 Å². The van der Waals surface area contributed by atoms with E-state index in [2.05, 4.69) is 10.2 Å². The van der Waals surface area contributed by atoms with Crippen LogP contribution in [0.2, 0.25) is 0 Å². The van der Waals surface area contributed by atoms with Crippen LogP contribution in [0.4, 0.5) is 22.7 Å². The fourth-order valence-corrected chi connectivity index (χ4v) is 3.31. The van der Waals surface area contributed by atoms with Crippen LogP contribution in [0.15, 0.2) is 48.5 Å². The van der Waals surface area contributed by atoms with E-state index in [1.54, 1.807) is 0 Å². The molecule has 154 valence electrons. The van der Waals surface area contributed by atoms with Crippen molar-refractivity contribution in [2.45, 2.75) is 6.92 Å². The number of carbonyl (C=O) groups is 2. The van der Waals surface area contributed by atoms with Crippen molar-refractivity contribution in [1.29, 1.82) is 0 Å². The largest absolute Gasteiger partial charge is 0.378 e. The summed E-state index contributed by atoms with van der Waals surface area (Å²) >= 11 is 0. The molecule has 2 aromatic rings. The zero-order chi connectivity index (χ0) is 20.8. The van der Waals surface area contributed by atoms with E-state index in [4.69, 9.17) is 4.74 Å². The third-order valence-corrected chi connectivity index (χ3v) is 4.89. The number of nitrogens with one attached hydrogen (secondary N) is 1. The van der Waals surface area contributed by atoms with Gasteiger partial charge in [0.2, 0.25) is 11.8 Å². The van der Waals surface area contributed by atoms with Gasteiger partial charge in [0.1, 0.15) is 6.54 Å². The normalized spacial score (nSPS) is 13.7. The molecule has 2 aromatic carbocycles. The van der Waals surface area contributed by atoms with E-state index in [1.807, 2.05) is 67.5 Å². The monoisotopic (exact) mass is 396 g/mol. The number of carbonyl (C=O) groups excluding carboxylic acids is 2. The molecule has 1 aliphatic rings. The highest BCUT2D eigenvalue weighted by Crippen LogP contribution is 2.26. The Morgan fingerprint density at radius 3 is 2.24 bits per heavy atom. The number of anilines is 4. The fourth-order valence-electron chi connectivity index (χ4n) is 3.31. The van der Waals surface area contributed by atoms with Gasteiger partial charge < -0.3 is 24.8 Å². The van der Waals surface area contributed by atoms with Crippen molar-refractivity contribution in [3.63, 3.8) is 0 Å². The summed E-state index contributed by atoms with van der Waals surface area (Å²) < 4.78 is 5.42. The Morgan fingerprint density at radius 2 is 1.62 bits per heavy atom. The molecule has 0 aliphatic carbocycles. The molecule has 0 bridgehead atoms. The molecule has 0 saturated carbocycles. The maximum absolute atomic E-state index is 12.8. The maximum Gasteiger partial charge on any atom is 0.244 e. The van der Waals surface area contributed by atoms with E-state index in [0.717, 1.165) is 30.2 Å². The lowest BCUT2D eigenvalue weighted by Gasteiger charge is -2.30. The lowest BCUT2D eigenvalue weighted by molar-refractivity contribution is -0.120. The van der Waals surface area contributed by atoms with Gasteiger partial charge in [0, 0.05) is 45.5 Å². The molecule has 0 spiro atoms. The zero-order valence-corrected chi connectivity index (χ0v) is 17.2. The predicted molar refractivity (Wildman–Crippen MR) is 117 cm³/mol.